The van der Waals surface area contributed by atoms with E-state index in [9.17, 15) is 19.3 Å². The van der Waals surface area contributed by atoms with Crippen molar-refractivity contribution in [3.05, 3.63) is 33.1 Å². The summed E-state index contributed by atoms with van der Waals surface area (Å²) in [5.74, 6) is -1.93. The third-order valence-electron chi connectivity index (χ3n) is 3.20. The fourth-order valence-corrected chi connectivity index (χ4v) is 1.63. The lowest BCUT2D eigenvalue weighted by Gasteiger charge is -2.23. The molecule has 1 aromatic carbocycles. The van der Waals surface area contributed by atoms with Crippen LogP contribution in [0.2, 0.25) is 5.02 Å². The van der Waals surface area contributed by atoms with Gasteiger partial charge < -0.3 is 10.4 Å². The third kappa shape index (κ3) is 3.36. The molecule has 20 heavy (non-hydrogen) atoms. The lowest BCUT2D eigenvalue weighted by Crippen LogP contribution is -2.34. The van der Waals surface area contributed by atoms with Gasteiger partial charge in [-0.05, 0) is 19.4 Å². The highest BCUT2D eigenvalue weighted by Gasteiger charge is 2.31. The van der Waals surface area contributed by atoms with Gasteiger partial charge in [0.1, 0.15) is 11.5 Å². The largest absolute Gasteiger partial charge is 0.481 e. The predicted molar refractivity (Wildman–Crippen MR) is 72.6 cm³/mol. The summed E-state index contributed by atoms with van der Waals surface area (Å²) in [5.41, 5.74) is -1.59. The molecule has 1 aromatic rings. The molecular formula is C12H14ClFN2O4. The maximum absolute atomic E-state index is 13.2. The standard InChI is InChI=1S/C12H14ClFN2O4/c1-3-12(2,11(17)18)6-15-9-4-7(13)8(14)5-10(9)16(19)20/h4-5,15H,3,6H2,1-2H3,(H,17,18). The Morgan fingerprint density at radius 1 is 1.60 bits per heavy atom. The van der Waals surface area contributed by atoms with Gasteiger partial charge in [0.2, 0.25) is 0 Å². The number of aliphatic carboxylic acids is 1. The molecule has 2 N–H and O–H groups in total. The number of rotatable bonds is 6. The number of carboxylic acid groups (broad SMARTS) is 1. The van der Waals surface area contributed by atoms with E-state index >= 15 is 0 Å². The lowest BCUT2D eigenvalue weighted by atomic mass is 9.87. The number of hydrogen-bond acceptors (Lipinski definition) is 4. The van der Waals surface area contributed by atoms with Crippen LogP contribution in [0.15, 0.2) is 12.1 Å². The fraction of sp³-hybridized carbons (Fsp3) is 0.417. The number of nitro benzene ring substituents is 1. The topological polar surface area (TPSA) is 92.5 Å². The van der Waals surface area contributed by atoms with Crippen molar-refractivity contribution in [1.82, 2.24) is 0 Å². The first-order valence-electron chi connectivity index (χ1n) is 5.82. The molecule has 0 aliphatic heterocycles. The van der Waals surface area contributed by atoms with Crippen LogP contribution in [0.4, 0.5) is 15.8 Å². The van der Waals surface area contributed by atoms with E-state index in [-0.39, 0.29) is 17.3 Å². The Kier molecular flexibility index (Phi) is 4.88. The molecule has 0 radical (unpaired) electrons. The van der Waals surface area contributed by atoms with Crippen molar-refractivity contribution in [2.45, 2.75) is 20.3 Å². The van der Waals surface area contributed by atoms with Crippen LogP contribution in [0.1, 0.15) is 20.3 Å². The highest BCUT2D eigenvalue weighted by molar-refractivity contribution is 6.31. The average molecular weight is 305 g/mol. The molecule has 0 fully saturated rings. The SMILES string of the molecule is CCC(C)(CNc1cc(Cl)c(F)cc1[N+](=O)[O-])C(=O)O. The molecule has 0 amide bonds. The van der Waals surface area contributed by atoms with E-state index in [1.165, 1.54) is 6.92 Å². The second-order valence-electron chi connectivity index (χ2n) is 4.61. The van der Waals surface area contributed by atoms with Crippen LogP contribution in [0, 0.1) is 21.3 Å². The molecule has 0 spiro atoms. The number of nitrogens with one attached hydrogen (secondary N) is 1. The van der Waals surface area contributed by atoms with Crippen molar-refractivity contribution in [3.63, 3.8) is 0 Å². The number of halogens is 2. The van der Waals surface area contributed by atoms with Crippen molar-refractivity contribution >= 4 is 28.9 Å². The van der Waals surface area contributed by atoms with Gasteiger partial charge in [-0.3, -0.25) is 14.9 Å². The summed E-state index contributed by atoms with van der Waals surface area (Å²) in [6, 6.07) is 1.78. The molecular weight excluding hydrogens is 291 g/mol. The Morgan fingerprint density at radius 3 is 2.65 bits per heavy atom. The molecule has 6 nitrogen and oxygen atoms in total. The summed E-state index contributed by atoms with van der Waals surface area (Å²) in [4.78, 5) is 21.2. The fourth-order valence-electron chi connectivity index (χ4n) is 1.47. The molecule has 0 bridgehead atoms. The number of hydrogen-bond donors (Lipinski definition) is 2. The van der Waals surface area contributed by atoms with Gasteiger partial charge in [-0.1, -0.05) is 18.5 Å². The zero-order chi connectivity index (χ0) is 15.5. The molecule has 1 unspecified atom stereocenters. The summed E-state index contributed by atoms with van der Waals surface area (Å²) in [6.07, 6.45) is 0.331. The van der Waals surface area contributed by atoms with Gasteiger partial charge in [-0.2, -0.15) is 0 Å². The maximum Gasteiger partial charge on any atom is 0.311 e. The smallest absolute Gasteiger partial charge is 0.311 e. The molecule has 0 aliphatic carbocycles. The summed E-state index contributed by atoms with van der Waals surface area (Å²) < 4.78 is 13.2. The van der Waals surface area contributed by atoms with E-state index in [1.807, 2.05) is 0 Å². The van der Waals surface area contributed by atoms with E-state index in [1.54, 1.807) is 6.92 Å². The second-order valence-corrected chi connectivity index (χ2v) is 5.02. The highest BCUT2D eigenvalue weighted by Crippen LogP contribution is 2.32. The normalized spacial score (nSPS) is 13.6. The first kappa shape index (κ1) is 16.2. The van der Waals surface area contributed by atoms with E-state index in [0.717, 1.165) is 6.07 Å². The monoisotopic (exact) mass is 304 g/mol. The lowest BCUT2D eigenvalue weighted by molar-refractivity contribution is -0.384. The average Bonchev–Trinajstić information content (AvgIpc) is 2.38. The number of carboxylic acids is 1. The molecule has 1 rings (SSSR count). The predicted octanol–water partition coefficient (Wildman–Crippen LogP) is 3.30. The molecule has 110 valence electrons. The molecule has 0 saturated carbocycles. The quantitative estimate of drug-likeness (QED) is 0.621. The Labute approximate surface area is 119 Å². The number of carbonyl (C=O) groups is 1. The number of benzene rings is 1. The van der Waals surface area contributed by atoms with Gasteiger partial charge in [-0.15, -0.1) is 0 Å². The van der Waals surface area contributed by atoms with Gasteiger partial charge in [0.15, 0.2) is 0 Å². The minimum Gasteiger partial charge on any atom is -0.481 e. The Bertz CT molecular complexity index is 553. The van der Waals surface area contributed by atoms with Gasteiger partial charge in [-0.25, -0.2) is 4.39 Å². The van der Waals surface area contributed by atoms with Crippen LogP contribution in [0.3, 0.4) is 0 Å². The molecule has 0 aliphatic rings. The second kappa shape index (κ2) is 6.04. The molecule has 0 heterocycles. The molecule has 0 saturated heterocycles. The zero-order valence-corrected chi connectivity index (χ0v) is 11.7. The minimum absolute atomic E-state index is 0.0117. The van der Waals surface area contributed by atoms with E-state index in [0.29, 0.717) is 12.5 Å². The van der Waals surface area contributed by atoms with Gasteiger partial charge in [0.25, 0.3) is 5.69 Å². The number of nitro groups is 1. The summed E-state index contributed by atoms with van der Waals surface area (Å²) in [7, 11) is 0. The summed E-state index contributed by atoms with van der Waals surface area (Å²) in [6.45, 7) is 3.17. The minimum atomic E-state index is -1.09. The Balaban J connectivity index is 3.06. The van der Waals surface area contributed by atoms with Crippen molar-refractivity contribution in [2.24, 2.45) is 5.41 Å². The first-order valence-corrected chi connectivity index (χ1v) is 6.19. The van der Waals surface area contributed by atoms with Crippen LogP contribution < -0.4 is 5.32 Å². The van der Waals surface area contributed by atoms with Crippen molar-refractivity contribution in [3.8, 4) is 0 Å². The molecule has 1 atom stereocenters. The van der Waals surface area contributed by atoms with Crippen LogP contribution in [0.25, 0.3) is 0 Å². The van der Waals surface area contributed by atoms with Gasteiger partial charge in [0.05, 0.1) is 21.4 Å². The summed E-state index contributed by atoms with van der Waals surface area (Å²) in [5, 5.41) is 22.4. The Hall–Kier alpha value is -1.89. The first-order chi connectivity index (χ1) is 9.21. The van der Waals surface area contributed by atoms with Crippen molar-refractivity contribution in [1.29, 1.82) is 0 Å². The third-order valence-corrected chi connectivity index (χ3v) is 3.49. The number of nitrogens with zero attached hydrogens (tertiary/aromatic N) is 1. The van der Waals surface area contributed by atoms with E-state index in [2.05, 4.69) is 5.32 Å². The highest BCUT2D eigenvalue weighted by atomic mass is 35.5. The number of anilines is 1. The van der Waals surface area contributed by atoms with Gasteiger partial charge in [0, 0.05) is 6.54 Å². The van der Waals surface area contributed by atoms with Crippen molar-refractivity contribution in [2.75, 3.05) is 11.9 Å². The van der Waals surface area contributed by atoms with E-state index in [4.69, 9.17) is 16.7 Å². The van der Waals surface area contributed by atoms with Crippen LogP contribution in [-0.4, -0.2) is 22.5 Å². The van der Waals surface area contributed by atoms with E-state index < -0.39 is 27.8 Å². The van der Waals surface area contributed by atoms with Crippen LogP contribution in [-0.2, 0) is 4.79 Å². The maximum atomic E-state index is 13.2. The van der Waals surface area contributed by atoms with Gasteiger partial charge >= 0.3 is 5.97 Å². The van der Waals surface area contributed by atoms with Crippen LogP contribution in [0.5, 0.6) is 0 Å². The molecule has 8 heteroatoms. The summed E-state index contributed by atoms with van der Waals surface area (Å²) >= 11 is 5.58. The Morgan fingerprint density at radius 2 is 2.20 bits per heavy atom. The van der Waals surface area contributed by atoms with Crippen molar-refractivity contribution < 1.29 is 19.2 Å². The molecule has 0 aromatic heterocycles. The zero-order valence-electron chi connectivity index (χ0n) is 10.9. The van der Waals surface area contributed by atoms with Crippen LogP contribution >= 0.6 is 11.6 Å².